The summed E-state index contributed by atoms with van der Waals surface area (Å²) < 4.78 is 2.28. The lowest BCUT2D eigenvalue weighted by molar-refractivity contribution is 0.423. The molecule has 0 bridgehead atoms. The summed E-state index contributed by atoms with van der Waals surface area (Å²) in [6.45, 7) is 4.23. The molecule has 0 radical (unpaired) electrons. The van der Waals surface area contributed by atoms with E-state index in [-0.39, 0.29) is 5.38 Å². The predicted molar refractivity (Wildman–Crippen MR) is 78.5 cm³/mol. The van der Waals surface area contributed by atoms with Gasteiger partial charge in [-0.15, -0.1) is 11.6 Å². The largest absolute Gasteiger partial charge is 0.308 e. The van der Waals surface area contributed by atoms with E-state index in [1.807, 2.05) is 25.3 Å². The van der Waals surface area contributed by atoms with E-state index in [2.05, 4.69) is 21.5 Å². The molecule has 0 amide bonds. The second kappa shape index (κ2) is 5.12. The number of hydrogen-bond acceptors (Lipinski definition) is 2. The molecule has 2 atom stereocenters. The van der Waals surface area contributed by atoms with Crippen molar-refractivity contribution in [2.24, 2.45) is 5.92 Å². The number of imidazole rings is 1. The highest BCUT2D eigenvalue weighted by Gasteiger charge is 2.28. The molecule has 0 aromatic carbocycles. The first kappa shape index (κ1) is 12.9. The summed E-state index contributed by atoms with van der Waals surface area (Å²) in [6, 6.07) is 4.43. The third-order valence-electron chi connectivity index (χ3n) is 3.97. The van der Waals surface area contributed by atoms with E-state index in [4.69, 9.17) is 11.6 Å². The lowest BCUT2D eigenvalue weighted by Crippen LogP contribution is -2.13. The van der Waals surface area contributed by atoms with Crippen molar-refractivity contribution in [1.82, 2.24) is 14.5 Å². The van der Waals surface area contributed by atoms with E-state index in [0.29, 0.717) is 6.04 Å². The van der Waals surface area contributed by atoms with Gasteiger partial charge in [-0.05, 0) is 37.8 Å². The van der Waals surface area contributed by atoms with Crippen molar-refractivity contribution in [3.8, 4) is 0 Å². The van der Waals surface area contributed by atoms with E-state index in [0.717, 1.165) is 29.3 Å². The molecule has 1 aliphatic rings. The van der Waals surface area contributed by atoms with Gasteiger partial charge in [-0.25, -0.2) is 9.97 Å². The lowest BCUT2D eigenvalue weighted by Gasteiger charge is -2.20. The predicted octanol–water partition coefficient (Wildman–Crippen LogP) is 4.48. The normalized spacial score (nSPS) is 18.7. The molecule has 4 heteroatoms. The Kier molecular flexibility index (Phi) is 3.48. The van der Waals surface area contributed by atoms with E-state index in [1.165, 1.54) is 19.3 Å². The summed E-state index contributed by atoms with van der Waals surface area (Å²) in [5, 5.41) is -0.0811. The monoisotopic (exact) mass is 277 g/mol. The molecular weight excluding hydrogens is 258 g/mol. The molecule has 102 valence electrons. The van der Waals surface area contributed by atoms with Crippen LogP contribution in [0, 0.1) is 5.92 Å². The molecule has 0 N–H and O–H groups in total. The maximum atomic E-state index is 6.32. The Labute approximate surface area is 119 Å². The topological polar surface area (TPSA) is 30.7 Å². The highest BCUT2D eigenvalue weighted by atomic mass is 35.5. The molecule has 1 aliphatic carbocycles. The first-order valence-electron chi connectivity index (χ1n) is 7.17. The number of halogens is 1. The van der Waals surface area contributed by atoms with Crippen LogP contribution in [0.2, 0.25) is 0 Å². The van der Waals surface area contributed by atoms with E-state index >= 15 is 0 Å². The number of hydrogen-bond donors (Lipinski definition) is 0. The van der Waals surface area contributed by atoms with Crippen molar-refractivity contribution in [3.05, 3.63) is 24.2 Å². The minimum Gasteiger partial charge on any atom is -0.308 e. The molecule has 19 heavy (non-hydrogen) atoms. The minimum absolute atomic E-state index is 0.0811. The van der Waals surface area contributed by atoms with E-state index < -0.39 is 0 Å². The minimum atomic E-state index is -0.0811. The maximum absolute atomic E-state index is 6.32. The number of nitrogens with zero attached hydrogens (tertiary/aromatic N) is 3. The Balaban J connectivity index is 2.09. The molecular formula is C15H20ClN3. The second-order valence-electron chi connectivity index (χ2n) is 5.54. The van der Waals surface area contributed by atoms with Crippen LogP contribution < -0.4 is 0 Å². The molecule has 1 saturated carbocycles. The highest BCUT2D eigenvalue weighted by molar-refractivity contribution is 6.20. The third-order valence-corrected chi connectivity index (χ3v) is 4.17. The zero-order valence-corrected chi connectivity index (χ0v) is 12.3. The molecule has 2 aromatic heterocycles. The van der Waals surface area contributed by atoms with Crippen LogP contribution in [0.3, 0.4) is 0 Å². The maximum Gasteiger partial charge on any atom is 0.160 e. The Morgan fingerprint density at radius 1 is 1.47 bits per heavy atom. The van der Waals surface area contributed by atoms with Crippen LogP contribution in [0.25, 0.3) is 11.2 Å². The Hall–Kier alpha value is -1.09. The van der Waals surface area contributed by atoms with E-state index in [1.54, 1.807) is 0 Å². The zero-order valence-electron chi connectivity index (χ0n) is 11.5. The SMILES string of the molecule is CCC(CC1CC1)n1c(C(C)Cl)nc2cccnc21. The van der Waals surface area contributed by atoms with Crippen LogP contribution in [-0.4, -0.2) is 14.5 Å². The fourth-order valence-corrected chi connectivity index (χ4v) is 2.93. The van der Waals surface area contributed by atoms with Gasteiger partial charge in [0.25, 0.3) is 0 Å². The smallest absolute Gasteiger partial charge is 0.160 e. The molecule has 2 heterocycles. The number of alkyl halides is 1. The van der Waals surface area contributed by atoms with Crippen LogP contribution in [0.1, 0.15) is 56.8 Å². The average Bonchev–Trinajstić information content (AvgIpc) is 3.14. The molecule has 3 nitrogen and oxygen atoms in total. The van der Waals surface area contributed by atoms with Crippen LogP contribution in [0.4, 0.5) is 0 Å². The van der Waals surface area contributed by atoms with Crippen molar-refractivity contribution in [3.63, 3.8) is 0 Å². The zero-order chi connectivity index (χ0) is 13.4. The standard InChI is InChI=1S/C15H20ClN3/c1-3-12(9-11-6-7-11)19-14(10(2)16)18-13-5-4-8-17-15(13)19/h4-5,8,10-12H,3,6-7,9H2,1-2H3. The Bertz CT molecular complexity index is 572. The Morgan fingerprint density at radius 2 is 2.26 bits per heavy atom. The van der Waals surface area contributed by atoms with Gasteiger partial charge in [-0.3, -0.25) is 0 Å². The molecule has 1 fully saturated rings. The quantitative estimate of drug-likeness (QED) is 0.754. The lowest BCUT2D eigenvalue weighted by atomic mass is 10.1. The van der Waals surface area contributed by atoms with Gasteiger partial charge in [0.15, 0.2) is 5.65 Å². The van der Waals surface area contributed by atoms with Gasteiger partial charge < -0.3 is 4.57 Å². The molecule has 0 spiro atoms. The van der Waals surface area contributed by atoms with Crippen molar-refractivity contribution < 1.29 is 0 Å². The van der Waals surface area contributed by atoms with Crippen LogP contribution >= 0.6 is 11.6 Å². The first-order valence-corrected chi connectivity index (χ1v) is 7.61. The number of rotatable bonds is 5. The fraction of sp³-hybridized carbons (Fsp3) is 0.600. The summed E-state index contributed by atoms with van der Waals surface area (Å²) in [4.78, 5) is 9.20. The Morgan fingerprint density at radius 3 is 2.89 bits per heavy atom. The number of fused-ring (bicyclic) bond motifs is 1. The summed E-state index contributed by atoms with van der Waals surface area (Å²) in [5.74, 6) is 1.85. The van der Waals surface area contributed by atoms with Crippen LogP contribution in [0.15, 0.2) is 18.3 Å². The third kappa shape index (κ3) is 2.48. The second-order valence-corrected chi connectivity index (χ2v) is 6.20. The van der Waals surface area contributed by atoms with Gasteiger partial charge >= 0.3 is 0 Å². The van der Waals surface area contributed by atoms with Gasteiger partial charge in [0, 0.05) is 12.2 Å². The average molecular weight is 278 g/mol. The van der Waals surface area contributed by atoms with Gasteiger partial charge in [-0.2, -0.15) is 0 Å². The van der Waals surface area contributed by atoms with Gasteiger partial charge in [0.1, 0.15) is 11.3 Å². The van der Waals surface area contributed by atoms with E-state index in [9.17, 15) is 0 Å². The van der Waals surface area contributed by atoms with Gasteiger partial charge in [0.2, 0.25) is 0 Å². The summed E-state index contributed by atoms with van der Waals surface area (Å²) in [5.41, 5.74) is 1.94. The molecule has 2 aromatic rings. The summed E-state index contributed by atoms with van der Waals surface area (Å²) in [7, 11) is 0. The van der Waals surface area contributed by atoms with Crippen LogP contribution in [0.5, 0.6) is 0 Å². The van der Waals surface area contributed by atoms with Crippen molar-refractivity contribution >= 4 is 22.8 Å². The van der Waals surface area contributed by atoms with Gasteiger partial charge in [-0.1, -0.05) is 19.8 Å². The van der Waals surface area contributed by atoms with Crippen molar-refractivity contribution in [2.75, 3.05) is 0 Å². The van der Waals surface area contributed by atoms with Crippen molar-refractivity contribution in [1.29, 1.82) is 0 Å². The molecule has 3 rings (SSSR count). The molecule has 0 aliphatic heterocycles. The van der Waals surface area contributed by atoms with Crippen molar-refractivity contribution in [2.45, 2.75) is 50.9 Å². The van der Waals surface area contributed by atoms with Crippen LogP contribution in [-0.2, 0) is 0 Å². The fourth-order valence-electron chi connectivity index (χ4n) is 2.78. The van der Waals surface area contributed by atoms with Gasteiger partial charge in [0.05, 0.1) is 5.38 Å². The number of pyridine rings is 1. The number of aromatic nitrogens is 3. The summed E-state index contributed by atoms with van der Waals surface area (Å²) in [6.07, 6.45) is 6.93. The molecule has 2 unspecified atom stereocenters. The first-order chi connectivity index (χ1) is 9.20. The molecule has 0 saturated heterocycles. The highest BCUT2D eigenvalue weighted by Crippen LogP contribution is 2.40. The summed E-state index contributed by atoms with van der Waals surface area (Å²) >= 11 is 6.32.